The highest BCUT2D eigenvalue weighted by molar-refractivity contribution is 7.92. The molecule has 0 radical (unpaired) electrons. The van der Waals surface area contributed by atoms with E-state index in [4.69, 9.17) is 5.73 Å². The third kappa shape index (κ3) is 3.52. The van der Waals surface area contributed by atoms with Gasteiger partial charge in [0.25, 0.3) is 10.0 Å². The fourth-order valence-electron chi connectivity index (χ4n) is 1.87. The Kier molecular flexibility index (Phi) is 3.91. The van der Waals surface area contributed by atoms with E-state index in [1.165, 1.54) is 12.3 Å². The molecule has 0 amide bonds. The molecule has 21 heavy (non-hydrogen) atoms. The largest absolute Gasteiger partial charge is 0.396 e. The Morgan fingerprint density at radius 2 is 1.71 bits per heavy atom. The van der Waals surface area contributed by atoms with Crippen LogP contribution in [-0.2, 0) is 15.4 Å². The van der Waals surface area contributed by atoms with Crippen LogP contribution < -0.4 is 10.5 Å². The predicted octanol–water partition coefficient (Wildman–Crippen LogP) is 2.76. The van der Waals surface area contributed by atoms with Gasteiger partial charge in [0.2, 0.25) is 0 Å². The number of pyridine rings is 1. The summed E-state index contributed by atoms with van der Waals surface area (Å²) >= 11 is 0. The van der Waals surface area contributed by atoms with Gasteiger partial charge in [0, 0.05) is 11.9 Å². The zero-order valence-corrected chi connectivity index (χ0v) is 13.1. The molecule has 0 saturated heterocycles. The van der Waals surface area contributed by atoms with Crippen molar-refractivity contribution in [1.82, 2.24) is 4.98 Å². The van der Waals surface area contributed by atoms with Gasteiger partial charge in [-0.1, -0.05) is 32.9 Å². The summed E-state index contributed by atoms with van der Waals surface area (Å²) in [5.41, 5.74) is 7.41. The molecule has 6 heteroatoms. The average Bonchev–Trinajstić information content (AvgIpc) is 2.38. The number of nitrogens with zero attached hydrogens (tertiary/aromatic N) is 1. The third-order valence-corrected chi connectivity index (χ3v) is 4.41. The number of anilines is 2. The van der Waals surface area contributed by atoms with E-state index >= 15 is 0 Å². The molecule has 0 saturated carbocycles. The summed E-state index contributed by atoms with van der Waals surface area (Å²) in [6.45, 7) is 6.29. The van der Waals surface area contributed by atoms with Gasteiger partial charge in [-0.25, -0.2) is 4.98 Å². The highest BCUT2D eigenvalue weighted by Crippen LogP contribution is 2.25. The quantitative estimate of drug-likeness (QED) is 0.913. The molecule has 1 aromatic carbocycles. The standard InChI is InChI=1S/C15H19N3O2S/c1-15(2,3)11-6-8-12(9-7-11)18-21(19,20)14-13(16)5-4-10-17-14/h4-10,18H,16H2,1-3H3. The van der Waals surface area contributed by atoms with Crippen molar-refractivity contribution in [1.29, 1.82) is 0 Å². The molecular weight excluding hydrogens is 286 g/mol. The van der Waals surface area contributed by atoms with Crippen LogP contribution in [0.1, 0.15) is 26.3 Å². The summed E-state index contributed by atoms with van der Waals surface area (Å²) in [5.74, 6) is 0. The van der Waals surface area contributed by atoms with Gasteiger partial charge in [0.15, 0.2) is 5.03 Å². The topological polar surface area (TPSA) is 85.1 Å². The van der Waals surface area contributed by atoms with Gasteiger partial charge >= 0.3 is 0 Å². The zero-order chi connectivity index (χ0) is 15.7. The summed E-state index contributed by atoms with van der Waals surface area (Å²) in [6.07, 6.45) is 1.40. The van der Waals surface area contributed by atoms with Crippen LogP contribution in [0.15, 0.2) is 47.6 Å². The Bertz CT molecular complexity index is 732. The monoisotopic (exact) mass is 305 g/mol. The van der Waals surface area contributed by atoms with Gasteiger partial charge in [-0.05, 0) is 35.2 Å². The van der Waals surface area contributed by atoms with Crippen LogP contribution in [0.2, 0.25) is 0 Å². The second-order valence-electron chi connectivity index (χ2n) is 5.83. The predicted molar refractivity (Wildman–Crippen MR) is 84.6 cm³/mol. The number of sulfonamides is 1. The Morgan fingerprint density at radius 3 is 2.24 bits per heavy atom. The molecular formula is C15H19N3O2S. The smallest absolute Gasteiger partial charge is 0.281 e. The van der Waals surface area contributed by atoms with Crippen molar-refractivity contribution >= 4 is 21.4 Å². The fourth-order valence-corrected chi connectivity index (χ4v) is 2.99. The third-order valence-electron chi connectivity index (χ3n) is 3.06. The maximum absolute atomic E-state index is 12.3. The van der Waals surface area contributed by atoms with Crippen LogP contribution in [0, 0.1) is 0 Å². The van der Waals surface area contributed by atoms with Gasteiger partial charge in [0.1, 0.15) is 0 Å². The number of benzene rings is 1. The normalized spacial score (nSPS) is 12.1. The summed E-state index contributed by atoms with van der Waals surface area (Å²) in [7, 11) is -3.78. The van der Waals surface area contributed by atoms with Gasteiger partial charge in [-0.15, -0.1) is 0 Å². The lowest BCUT2D eigenvalue weighted by Gasteiger charge is -2.19. The van der Waals surface area contributed by atoms with E-state index in [1.807, 2.05) is 12.1 Å². The first-order valence-electron chi connectivity index (χ1n) is 6.54. The number of nitrogen functional groups attached to an aromatic ring is 1. The second-order valence-corrected chi connectivity index (χ2v) is 7.43. The highest BCUT2D eigenvalue weighted by Gasteiger charge is 2.19. The fraction of sp³-hybridized carbons (Fsp3) is 0.267. The maximum atomic E-state index is 12.3. The number of hydrogen-bond acceptors (Lipinski definition) is 4. The van der Waals surface area contributed by atoms with Crippen LogP contribution in [0.5, 0.6) is 0 Å². The Hall–Kier alpha value is -2.08. The first-order valence-corrected chi connectivity index (χ1v) is 8.02. The maximum Gasteiger partial charge on any atom is 0.281 e. The van der Waals surface area contributed by atoms with Gasteiger partial charge in [0.05, 0.1) is 5.69 Å². The molecule has 2 aromatic rings. The summed E-state index contributed by atoms with van der Waals surface area (Å²) in [5, 5.41) is -0.162. The van der Waals surface area contributed by atoms with Crippen molar-refractivity contribution in [2.24, 2.45) is 0 Å². The first kappa shape index (κ1) is 15.3. The van der Waals surface area contributed by atoms with Crippen LogP contribution in [0.4, 0.5) is 11.4 Å². The van der Waals surface area contributed by atoms with Crippen molar-refractivity contribution in [3.05, 3.63) is 48.2 Å². The van der Waals surface area contributed by atoms with Crippen LogP contribution >= 0.6 is 0 Å². The Balaban J connectivity index is 2.28. The molecule has 0 aliphatic rings. The lowest BCUT2D eigenvalue weighted by molar-refractivity contribution is 0.590. The molecule has 0 atom stereocenters. The molecule has 1 aromatic heterocycles. The lowest BCUT2D eigenvalue weighted by atomic mass is 9.87. The molecule has 5 nitrogen and oxygen atoms in total. The van der Waals surface area contributed by atoms with Crippen LogP contribution in [-0.4, -0.2) is 13.4 Å². The van der Waals surface area contributed by atoms with Crippen molar-refractivity contribution in [3.63, 3.8) is 0 Å². The van der Waals surface area contributed by atoms with E-state index in [9.17, 15) is 8.42 Å². The molecule has 0 fully saturated rings. The van der Waals surface area contributed by atoms with E-state index in [-0.39, 0.29) is 16.1 Å². The second kappa shape index (κ2) is 5.37. The van der Waals surface area contributed by atoms with Crippen LogP contribution in [0.25, 0.3) is 0 Å². The van der Waals surface area contributed by atoms with Crippen molar-refractivity contribution in [2.45, 2.75) is 31.2 Å². The molecule has 3 N–H and O–H groups in total. The molecule has 0 spiro atoms. The molecule has 0 aliphatic carbocycles. The van der Waals surface area contributed by atoms with Crippen LogP contribution in [0.3, 0.4) is 0 Å². The van der Waals surface area contributed by atoms with E-state index in [0.29, 0.717) is 5.69 Å². The molecule has 0 bridgehead atoms. The molecule has 0 unspecified atom stereocenters. The Morgan fingerprint density at radius 1 is 1.10 bits per heavy atom. The minimum Gasteiger partial charge on any atom is -0.396 e. The number of aromatic nitrogens is 1. The van der Waals surface area contributed by atoms with E-state index < -0.39 is 10.0 Å². The minimum absolute atomic E-state index is 0.0167. The highest BCUT2D eigenvalue weighted by atomic mass is 32.2. The van der Waals surface area contributed by atoms with E-state index in [1.54, 1.807) is 18.2 Å². The van der Waals surface area contributed by atoms with Crippen molar-refractivity contribution in [2.75, 3.05) is 10.5 Å². The summed E-state index contributed by atoms with van der Waals surface area (Å²) in [4.78, 5) is 3.83. The Labute approximate surface area is 125 Å². The number of nitrogens with two attached hydrogens (primary N) is 1. The average molecular weight is 305 g/mol. The summed E-state index contributed by atoms with van der Waals surface area (Å²) < 4.78 is 27.0. The minimum atomic E-state index is -3.78. The number of rotatable bonds is 3. The van der Waals surface area contributed by atoms with Gasteiger partial charge in [-0.2, -0.15) is 8.42 Å². The van der Waals surface area contributed by atoms with E-state index in [2.05, 4.69) is 30.5 Å². The number of nitrogens with one attached hydrogen (secondary N) is 1. The van der Waals surface area contributed by atoms with Gasteiger partial charge in [-0.3, -0.25) is 4.72 Å². The first-order chi connectivity index (χ1) is 9.70. The SMILES string of the molecule is CC(C)(C)c1ccc(NS(=O)(=O)c2ncccc2N)cc1. The molecule has 112 valence electrons. The zero-order valence-electron chi connectivity index (χ0n) is 12.3. The van der Waals surface area contributed by atoms with E-state index in [0.717, 1.165) is 5.56 Å². The van der Waals surface area contributed by atoms with Crippen molar-refractivity contribution in [3.8, 4) is 0 Å². The molecule has 2 rings (SSSR count). The van der Waals surface area contributed by atoms with Gasteiger partial charge < -0.3 is 5.73 Å². The molecule has 0 aliphatic heterocycles. The summed E-state index contributed by atoms with van der Waals surface area (Å²) in [6, 6.07) is 10.4. The molecule has 1 heterocycles. The number of hydrogen-bond donors (Lipinski definition) is 2. The van der Waals surface area contributed by atoms with Crippen molar-refractivity contribution < 1.29 is 8.42 Å². The lowest BCUT2D eigenvalue weighted by Crippen LogP contribution is -2.16.